The summed E-state index contributed by atoms with van der Waals surface area (Å²) in [5.41, 5.74) is 9.58. The van der Waals surface area contributed by atoms with E-state index >= 15 is 0 Å². The highest BCUT2D eigenvalue weighted by atomic mass is 16.6. The largest absolute Gasteiger partial charge is 0.444 e. The van der Waals surface area contributed by atoms with Crippen LogP contribution in [0.1, 0.15) is 80.8 Å². The van der Waals surface area contributed by atoms with Gasteiger partial charge in [-0.2, -0.15) is 0 Å². The molecule has 5 rings (SSSR count). The van der Waals surface area contributed by atoms with Crippen molar-refractivity contribution in [1.82, 2.24) is 19.9 Å². The van der Waals surface area contributed by atoms with Gasteiger partial charge in [-0.1, -0.05) is 30.3 Å². The number of ether oxygens (including phenoxy) is 1. The second-order valence-corrected chi connectivity index (χ2v) is 12.4. The summed E-state index contributed by atoms with van der Waals surface area (Å²) < 4.78 is 5.51. The summed E-state index contributed by atoms with van der Waals surface area (Å²) in [5, 5.41) is 3.29. The molecule has 1 aliphatic carbocycles. The molecule has 3 N–H and O–H groups in total. The highest BCUT2D eigenvalue weighted by Gasteiger charge is 2.55. The Morgan fingerprint density at radius 3 is 2.37 bits per heavy atom. The number of aromatic nitrogens is 3. The summed E-state index contributed by atoms with van der Waals surface area (Å²) >= 11 is 0. The average molecular weight is 557 g/mol. The smallest absolute Gasteiger partial charge is 0.410 e. The molecule has 0 spiro atoms. The zero-order valence-electron chi connectivity index (χ0n) is 24.4. The number of nitrogens with zero attached hydrogens (tertiary/aromatic N) is 4. The molecule has 2 amide bonds. The molecule has 9 nitrogen and oxygen atoms in total. The fourth-order valence-corrected chi connectivity index (χ4v) is 5.71. The van der Waals surface area contributed by atoms with Crippen LogP contribution in [0.5, 0.6) is 0 Å². The quantitative estimate of drug-likeness (QED) is 0.369. The van der Waals surface area contributed by atoms with E-state index in [1.165, 1.54) is 0 Å². The van der Waals surface area contributed by atoms with Gasteiger partial charge in [0.2, 0.25) is 11.9 Å². The van der Waals surface area contributed by atoms with E-state index in [-0.39, 0.29) is 23.8 Å². The number of nitrogens with two attached hydrogens (primary N) is 1. The summed E-state index contributed by atoms with van der Waals surface area (Å²) in [6.45, 7) is 8.93. The van der Waals surface area contributed by atoms with E-state index in [0.29, 0.717) is 25.5 Å². The molecule has 0 radical (unpaired) electrons. The lowest BCUT2D eigenvalue weighted by atomic mass is 9.79. The van der Waals surface area contributed by atoms with Crippen LogP contribution in [-0.2, 0) is 16.0 Å². The lowest BCUT2D eigenvalue weighted by molar-refractivity contribution is -0.124. The first-order valence-electron chi connectivity index (χ1n) is 14.4. The standard InChI is InChI=1S/C32H40N6O3/c1-21-19-35-29(37-27(21)25(32(14-15-32)28(33)39)18-22-8-6-5-7-9-22)36-24-10-11-26(34-20-24)23-12-16-38(17-13-23)30(40)41-31(2,3)4/h5-11,19-20,23,25H,12-18H2,1-4H3,(H2,33,39)(H,35,36,37). The number of anilines is 2. The third-order valence-electron chi connectivity index (χ3n) is 8.18. The van der Waals surface area contributed by atoms with Crippen molar-refractivity contribution in [3.05, 3.63) is 77.4 Å². The zero-order valence-corrected chi connectivity index (χ0v) is 24.4. The van der Waals surface area contributed by atoms with Crippen molar-refractivity contribution in [1.29, 1.82) is 0 Å². The van der Waals surface area contributed by atoms with Crippen LogP contribution in [0.4, 0.5) is 16.4 Å². The molecule has 1 aromatic carbocycles. The molecular weight excluding hydrogens is 516 g/mol. The van der Waals surface area contributed by atoms with Gasteiger partial charge in [0, 0.05) is 36.8 Å². The van der Waals surface area contributed by atoms with E-state index in [1.807, 2.05) is 58.0 Å². The van der Waals surface area contributed by atoms with Crippen molar-refractivity contribution in [3.8, 4) is 0 Å². The number of hydrogen-bond donors (Lipinski definition) is 2. The third-order valence-corrected chi connectivity index (χ3v) is 8.18. The maximum absolute atomic E-state index is 12.6. The van der Waals surface area contributed by atoms with Gasteiger partial charge in [-0.05, 0) is 83.1 Å². The fraction of sp³-hybridized carbons (Fsp3) is 0.469. The first-order chi connectivity index (χ1) is 19.5. The number of benzene rings is 1. The van der Waals surface area contributed by atoms with Gasteiger partial charge >= 0.3 is 6.09 Å². The minimum atomic E-state index is -0.575. The number of amides is 2. The van der Waals surface area contributed by atoms with Crippen LogP contribution in [0, 0.1) is 12.3 Å². The first kappa shape index (κ1) is 28.5. The van der Waals surface area contributed by atoms with Gasteiger partial charge in [-0.15, -0.1) is 0 Å². The topological polar surface area (TPSA) is 123 Å². The number of likely N-dealkylation sites (tertiary alicyclic amines) is 1. The summed E-state index contributed by atoms with van der Waals surface area (Å²) in [5.74, 6) is 0.358. The molecule has 2 aliphatic rings. The van der Waals surface area contributed by atoms with E-state index in [2.05, 4.69) is 22.4 Å². The van der Waals surface area contributed by atoms with Crippen LogP contribution in [0.25, 0.3) is 0 Å². The van der Waals surface area contributed by atoms with Crippen molar-refractivity contribution in [2.75, 3.05) is 18.4 Å². The minimum Gasteiger partial charge on any atom is -0.444 e. The average Bonchev–Trinajstić information content (AvgIpc) is 3.75. The summed E-state index contributed by atoms with van der Waals surface area (Å²) in [6, 6.07) is 14.2. The minimum absolute atomic E-state index is 0.127. The van der Waals surface area contributed by atoms with Gasteiger partial charge in [0.25, 0.3) is 0 Å². The summed E-state index contributed by atoms with van der Waals surface area (Å²) in [6.07, 6.45) is 7.26. The Kier molecular flexibility index (Phi) is 7.98. The van der Waals surface area contributed by atoms with E-state index in [4.69, 9.17) is 20.4 Å². The molecule has 1 saturated heterocycles. The Labute approximate surface area is 241 Å². The van der Waals surface area contributed by atoms with Crippen molar-refractivity contribution < 1.29 is 14.3 Å². The number of rotatable bonds is 8. The van der Waals surface area contributed by atoms with Gasteiger partial charge in [-0.25, -0.2) is 14.8 Å². The molecule has 2 fully saturated rings. The normalized spacial score (nSPS) is 17.5. The fourth-order valence-electron chi connectivity index (χ4n) is 5.71. The Morgan fingerprint density at radius 2 is 1.78 bits per heavy atom. The number of aryl methyl sites for hydroxylation is 1. The molecule has 1 aliphatic heterocycles. The van der Waals surface area contributed by atoms with Crippen LogP contribution in [-0.4, -0.2) is 50.5 Å². The lowest BCUT2D eigenvalue weighted by Gasteiger charge is -2.33. The van der Waals surface area contributed by atoms with Crippen molar-refractivity contribution in [2.24, 2.45) is 11.1 Å². The molecule has 216 valence electrons. The predicted molar refractivity (Wildman–Crippen MR) is 158 cm³/mol. The molecule has 9 heteroatoms. The van der Waals surface area contributed by atoms with Gasteiger partial charge in [-0.3, -0.25) is 9.78 Å². The number of carbonyl (C=O) groups is 2. The van der Waals surface area contributed by atoms with E-state index in [0.717, 1.165) is 53.9 Å². The number of carbonyl (C=O) groups excluding carboxylic acids is 2. The van der Waals surface area contributed by atoms with Crippen LogP contribution in [0.15, 0.2) is 54.9 Å². The maximum Gasteiger partial charge on any atom is 0.410 e. The monoisotopic (exact) mass is 556 g/mol. The SMILES string of the molecule is Cc1cnc(Nc2ccc(C3CCN(C(=O)OC(C)(C)C)CC3)nc2)nc1C(Cc1ccccc1)C1(C(N)=O)CC1. The molecule has 1 unspecified atom stereocenters. The summed E-state index contributed by atoms with van der Waals surface area (Å²) in [4.78, 5) is 40.9. The Bertz CT molecular complexity index is 1370. The number of primary amides is 1. The highest BCUT2D eigenvalue weighted by molar-refractivity contribution is 5.85. The molecular formula is C32H40N6O3. The highest BCUT2D eigenvalue weighted by Crippen LogP contribution is 2.57. The molecule has 1 atom stereocenters. The number of hydrogen-bond acceptors (Lipinski definition) is 7. The van der Waals surface area contributed by atoms with Crippen LogP contribution in [0.3, 0.4) is 0 Å². The number of pyridine rings is 1. The van der Waals surface area contributed by atoms with Crippen LogP contribution >= 0.6 is 0 Å². The molecule has 0 bridgehead atoms. The number of piperidine rings is 1. The predicted octanol–water partition coefficient (Wildman–Crippen LogP) is 5.63. The molecule has 3 aromatic rings. The number of nitrogens with one attached hydrogen (secondary N) is 1. The molecule has 2 aromatic heterocycles. The van der Waals surface area contributed by atoms with Crippen molar-refractivity contribution in [2.45, 2.75) is 77.2 Å². The van der Waals surface area contributed by atoms with Gasteiger partial charge in [0.1, 0.15) is 5.60 Å². The molecule has 41 heavy (non-hydrogen) atoms. The third kappa shape index (κ3) is 6.66. The van der Waals surface area contributed by atoms with Gasteiger partial charge < -0.3 is 20.7 Å². The second kappa shape index (κ2) is 11.5. The zero-order chi connectivity index (χ0) is 29.2. The van der Waals surface area contributed by atoms with E-state index in [1.54, 1.807) is 17.3 Å². The first-order valence-corrected chi connectivity index (χ1v) is 14.4. The van der Waals surface area contributed by atoms with Crippen molar-refractivity contribution >= 4 is 23.6 Å². The van der Waals surface area contributed by atoms with E-state index in [9.17, 15) is 9.59 Å². The van der Waals surface area contributed by atoms with Crippen molar-refractivity contribution in [3.63, 3.8) is 0 Å². The van der Waals surface area contributed by atoms with Crippen LogP contribution < -0.4 is 11.1 Å². The second-order valence-electron chi connectivity index (χ2n) is 12.4. The Hall–Kier alpha value is -4.01. The lowest BCUT2D eigenvalue weighted by Crippen LogP contribution is -2.41. The van der Waals surface area contributed by atoms with Gasteiger partial charge in [0.15, 0.2) is 0 Å². The van der Waals surface area contributed by atoms with Gasteiger partial charge in [0.05, 0.1) is 23.0 Å². The van der Waals surface area contributed by atoms with Crippen LogP contribution in [0.2, 0.25) is 0 Å². The maximum atomic E-state index is 12.6. The molecule has 3 heterocycles. The summed E-state index contributed by atoms with van der Waals surface area (Å²) in [7, 11) is 0. The Balaban J connectivity index is 1.27. The molecule has 1 saturated carbocycles. The Morgan fingerprint density at radius 1 is 1.07 bits per heavy atom. The van der Waals surface area contributed by atoms with E-state index < -0.39 is 11.0 Å².